The first-order chi connectivity index (χ1) is 15.1. The number of sulfonamides is 1. The quantitative estimate of drug-likeness (QED) is 0.735. The minimum absolute atomic E-state index is 0.104. The van der Waals surface area contributed by atoms with Crippen LogP contribution in [-0.2, 0) is 21.4 Å². The minimum Gasteiger partial charge on any atom is -0.408 e. The van der Waals surface area contributed by atoms with Crippen LogP contribution in [0.25, 0.3) is 11.1 Å². The van der Waals surface area contributed by atoms with Gasteiger partial charge in [-0.1, -0.05) is 33.6 Å². The number of carbonyl (C=O) groups is 1. The van der Waals surface area contributed by atoms with E-state index >= 15 is 0 Å². The van der Waals surface area contributed by atoms with E-state index in [0.29, 0.717) is 36.4 Å². The van der Waals surface area contributed by atoms with Gasteiger partial charge in [-0.15, -0.1) is 0 Å². The summed E-state index contributed by atoms with van der Waals surface area (Å²) in [5, 5.41) is 3.04. The molecular weight excluding hydrogens is 430 g/mol. The molecule has 4 atom stereocenters. The highest BCUT2D eigenvalue weighted by Crippen LogP contribution is 2.28. The Labute approximate surface area is 189 Å². The molecule has 1 saturated carbocycles. The molecule has 1 N–H and O–H groups in total. The maximum Gasteiger partial charge on any atom is 0.420 e. The van der Waals surface area contributed by atoms with Gasteiger partial charge in [-0.2, -0.15) is 4.31 Å². The van der Waals surface area contributed by atoms with E-state index in [1.807, 2.05) is 0 Å². The third-order valence-corrected chi connectivity index (χ3v) is 8.70. The first-order valence-electron chi connectivity index (χ1n) is 11.6. The van der Waals surface area contributed by atoms with E-state index in [9.17, 15) is 18.0 Å². The number of rotatable bonds is 5. The Kier molecular flexibility index (Phi) is 6.49. The van der Waals surface area contributed by atoms with E-state index in [4.69, 9.17) is 4.42 Å². The number of piperidine rings is 1. The van der Waals surface area contributed by atoms with Crippen molar-refractivity contribution in [3.05, 3.63) is 28.7 Å². The number of aromatic nitrogens is 1. The molecule has 2 aromatic rings. The predicted octanol–water partition coefficient (Wildman–Crippen LogP) is 2.96. The van der Waals surface area contributed by atoms with E-state index < -0.39 is 15.8 Å². The molecule has 1 saturated heterocycles. The molecule has 1 aromatic heterocycles. The Morgan fingerprint density at radius 1 is 1.12 bits per heavy atom. The van der Waals surface area contributed by atoms with Crippen molar-refractivity contribution in [2.24, 2.45) is 17.8 Å². The predicted molar refractivity (Wildman–Crippen MR) is 122 cm³/mol. The van der Waals surface area contributed by atoms with Gasteiger partial charge >= 0.3 is 5.76 Å². The molecule has 1 aliphatic carbocycles. The normalized spacial score (nSPS) is 27.5. The SMILES string of the molecule is C[C@@H]1C[C@H](C)CN(S(=O)(=O)c2ccc3c(c2)oc(=O)n3CC(=O)N[C@@H]2CCCC[C@H]2C)C1. The second-order valence-electron chi connectivity index (χ2n) is 9.79. The number of nitrogens with one attached hydrogen (secondary N) is 1. The van der Waals surface area contributed by atoms with Crippen LogP contribution in [0.1, 0.15) is 52.9 Å². The van der Waals surface area contributed by atoms with Crippen molar-refractivity contribution in [3.8, 4) is 0 Å². The van der Waals surface area contributed by atoms with Crippen molar-refractivity contribution in [2.45, 2.75) is 70.4 Å². The summed E-state index contributed by atoms with van der Waals surface area (Å²) in [4.78, 5) is 25.1. The Hall–Kier alpha value is -2.13. The fraction of sp³-hybridized carbons (Fsp3) is 0.652. The molecule has 1 aromatic carbocycles. The maximum atomic E-state index is 13.2. The molecule has 2 aliphatic rings. The molecule has 32 heavy (non-hydrogen) atoms. The number of fused-ring (bicyclic) bond motifs is 1. The topological polar surface area (TPSA) is 102 Å². The highest BCUT2D eigenvalue weighted by molar-refractivity contribution is 7.89. The van der Waals surface area contributed by atoms with Crippen LogP contribution >= 0.6 is 0 Å². The molecule has 1 amide bonds. The second-order valence-corrected chi connectivity index (χ2v) is 11.7. The number of hydrogen-bond acceptors (Lipinski definition) is 5. The molecule has 9 heteroatoms. The van der Waals surface area contributed by atoms with E-state index in [0.717, 1.165) is 25.7 Å². The van der Waals surface area contributed by atoms with Crippen LogP contribution in [0.3, 0.4) is 0 Å². The summed E-state index contributed by atoms with van der Waals surface area (Å²) in [6.07, 6.45) is 5.31. The summed E-state index contributed by atoms with van der Waals surface area (Å²) in [5.74, 6) is 0.102. The van der Waals surface area contributed by atoms with Crippen LogP contribution in [0.2, 0.25) is 0 Å². The van der Waals surface area contributed by atoms with Crippen LogP contribution in [0, 0.1) is 17.8 Å². The van der Waals surface area contributed by atoms with Crippen molar-refractivity contribution in [1.82, 2.24) is 14.2 Å². The summed E-state index contributed by atoms with van der Waals surface area (Å²) in [5.41, 5.74) is 0.592. The lowest BCUT2D eigenvalue weighted by Gasteiger charge is -2.34. The van der Waals surface area contributed by atoms with E-state index in [2.05, 4.69) is 26.1 Å². The number of hydrogen-bond donors (Lipinski definition) is 1. The van der Waals surface area contributed by atoms with Gasteiger partial charge < -0.3 is 9.73 Å². The fourth-order valence-electron chi connectivity index (χ4n) is 5.23. The number of benzene rings is 1. The lowest BCUT2D eigenvalue weighted by atomic mass is 9.86. The molecule has 2 heterocycles. The Bertz CT molecular complexity index is 1140. The molecule has 8 nitrogen and oxygen atoms in total. The summed E-state index contributed by atoms with van der Waals surface area (Å²) >= 11 is 0. The second kappa shape index (κ2) is 9.02. The first kappa shape index (κ1) is 23.0. The number of oxazole rings is 1. The van der Waals surface area contributed by atoms with Crippen LogP contribution in [0.15, 0.2) is 32.3 Å². The fourth-order valence-corrected chi connectivity index (χ4v) is 6.93. The van der Waals surface area contributed by atoms with E-state index in [1.165, 1.54) is 27.4 Å². The highest BCUT2D eigenvalue weighted by Gasteiger charge is 2.32. The molecular formula is C23H33N3O5S. The summed E-state index contributed by atoms with van der Waals surface area (Å²) < 4.78 is 34.5. The standard InChI is InChI=1S/C23H33N3O5S/c1-15-10-16(2)13-25(12-15)32(29,30)18-8-9-20-21(11-18)31-23(28)26(20)14-22(27)24-19-7-5-4-6-17(19)3/h8-9,11,15-17,19H,4-7,10,12-14H2,1-3H3,(H,24,27)/t15-,16+,17-,19-/m1/s1. The third-order valence-electron chi connectivity index (χ3n) is 6.87. The number of carbonyl (C=O) groups excluding carboxylic acids is 1. The monoisotopic (exact) mass is 463 g/mol. The Morgan fingerprint density at radius 3 is 2.50 bits per heavy atom. The van der Waals surface area contributed by atoms with Crippen LogP contribution in [0.5, 0.6) is 0 Å². The van der Waals surface area contributed by atoms with Gasteiger partial charge in [0.05, 0.1) is 10.4 Å². The summed E-state index contributed by atoms with van der Waals surface area (Å²) in [7, 11) is -3.69. The van der Waals surface area contributed by atoms with Crippen LogP contribution in [0.4, 0.5) is 0 Å². The Morgan fingerprint density at radius 2 is 1.81 bits per heavy atom. The molecule has 0 bridgehead atoms. The van der Waals surface area contributed by atoms with E-state index in [-0.39, 0.29) is 29.0 Å². The van der Waals surface area contributed by atoms with Crippen LogP contribution in [-0.4, -0.2) is 42.3 Å². The summed E-state index contributed by atoms with van der Waals surface area (Å²) in [6, 6.07) is 4.57. The number of nitrogens with zero attached hydrogens (tertiary/aromatic N) is 2. The zero-order valence-corrected chi connectivity index (χ0v) is 19.9. The molecule has 4 rings (SSSR count). The van der Waals surface area contributed by atoms with Gasteiger partial charge in [0.25, 0.3) is 0 Å². The minimum atomic E-state index is -3.69. The van der Waals surface area contributed by atoms with Crippen molar-refractivity contribution in [2.75, 3.05) is 13.1 Å². The van der Waals surface area contributed by atoms with E-state index in [1.54, 1.807) is 6.07 Å². The Balaban J connectivity index is 1.55. The molecule has 0 spiro atoms. The van der Waals surface area contributed by atoms with Crippen LogP contribution < -0.4 is 11.1 Å². The van der Waals surface area contributed by atoms with Crippen molar-refractivity contribution >= 4 is 27.0 Å². The van der Waals surface area contributed by atoms with Gasteiger partial charge in [-0.3, -0.25) is 9.36 Å². The summed E-state index contributed by atoms with van der Waals surface area (Å²) in [6.45, 7) is 7.06. The number of amides is 1. The average Bonchev–Trinajstić information content (AvgIpc) is 3.03. The molecule has 0 unspecified atom stereocenters. The maximum absolute atomic E-state index is 13.2. The lowest BCUT2D eigenvalue weighted by Crippen LogP contribution is -2.43. The largest absolute Gasteiger partial charge is 0.420 e. The molecule has 1 aliphatic heterocycles. The molecule has 2 fully saturated rings. The van der Waals surface area contributed by atoms with Gasteiger partial charge in [-0.25, -0.2) is 13.2 Å². The van der Waals surface area contributed by atoms with Crippen molar-refractivity contribution < 1.29 is 17.6 Å². The lowest BCUT2D eigenvalue weighted by molar-refractivity contribution is -0.123. The average molecular weight is 464 g/mol. The van der Waals surface area contributed by atoms with Crippen molar-refractivity contribution in [3.63, 3.8) is 0 Å². The molecule has 176 valence electrons. The zero-order valence-electron chi connectivity index (χ0n) is 19.0. The zero-order chi connectivity index (χ0) is 23.0. The van der Waals surface area contributed by atoms with Gasteiger partial charge in [-0.05, 0) is 49.1 Å². The first-order valence-corrected chi connectivity index (χ1v) is 13.0. The van der Waals surface area contributed by atoms with Gasteiger partial charge in [0.1, 0.15) is 6.54 Å². The van der Waals surface area contributed by atoms with Gasteiger partial charge in [0.15, 0.2) is 5.58 Å². The van der Waals surface area contributed by atoms with Gasteiger partial charge in [0, 0.05) is 25.2 Å². The molecule has 0 radical (unpaired) electrons. The smallest absolute Gasteiger partial charge is 0.408 e. The highest BCUT2D eigenvalue weighted by atomic mass is 32.2. The third kappa shape index (κ3) is 4.64. The van der Waals surface area contributed by atoms with Crippen molar-refractivity contribution in [1.29, 1.82) is 0 Å². The van der Waals surface area contributed by atoms with Gasteiger partial charge in [0.2, 0.25) is 15.9 Å².